The van der Waals surface area contributed by atoms with E-state index in [1.54, 1.807) is 33.3 Å². The van der Waals surface area contributed by atoms with E-state index in [0.29, 0.717) is 11.2 Å². The molecule has 0 saturated carbocycles. The highest BCUT2D eigenvalue weighted by Gasteiger charge is 2.16. The molecule has 1 N–H and O–H groups in total. The minimum Gasteiger partial charge on any atom is -0.390 e. The van der Waals surface area contributed by atoms with Crippen molar-refractivity contribution in [2.24, 2.45) is 0 Å². The van der Waals surface area contributed by atoms with Crippen LogP contribution in [0.3, 0.4) is 0 Å². The van der Waals surface area contributed by atoms with Gasteiger partial charge in [0.2, 0.25) is 3.57 Å². The van der Waals surface area contributed by atoms with Crippen LogP contribution in [0, 0.1) is 9.39 Å². The standard InChI is InChI=1S/C8H7FIN2O/c9-5-1-2-12-7(3-5)8(10)6(4-13)11-12/h1-3,10,13H,4H2/q+1. The van der Waals surface area contributed by atoms with Crippen LogP contribution < -0.4 is 22.6 Å². The normalized spacial score (nSPS) is 11.0. The molecule has 2 aromatic heterocycles. The molecule has 0 aliphatic rings. The SMILES string of the molecule is OCc1nn2ccc(F)cc2c1[IH+]. The fourth-order valence-corrected chi connectivity index (χ4v) is 1.89. The number of fused-ring (bicyclic) bond motifs is 1. The van der Waals surface area contributed by atoms with E-state index < -0.39 is 0 Å². The Balaban J connectivity index is 2.77. The lowest BCUT2D eigenvalue weighted by Crippen LogP contribution is -3.34. The lowest BCUT2D eigenvalue weighted by Gasteiger charge is -1.89. The van der Waals surface area contributed by atoms with Crippen LogP contribution in [0.5, 0.6) is 0 Å². The predicted molar refractivity (Wildman–Crippen MR) is 41.2 cm³/mol. The average Bonchev–Trinajstić information content (AvgIpc) is 2.44. The molecule has 0 radical (unpaired) electrons. The molecule has 0 fully saturated rings. The summed E-state index contributed by atoms with van der Waals surface area (Å²) < 4.78 is 15.2. The zero-order chi connectivity index (χ0) is 9.42. The van der Waals surface area contributed by atoms with E-state index in [9.17, 15) is 4.39 Å². The van der Waals surface area contributed by atoms with Crippen molar-refractivity contribution < 1.29 is 32.1 Å². The molecule has 0 bridgehead atoms. The highest BCUT2D eigenvalue weighted by molar-refractivity contribution is 5.46. The summed E-state index contributed by atoms with van der Waals surface area (Å²) in [7, 11) is 0. The van der Waals surface area contributed by atoms with E-state index >= 15 is 0 Å². The van der Waals surface area contributed by atoms with Crippen LogP contribution in [0.2, 0.25) is 0 Å². The van der Waals surface area contributed by atoms with Gasteiger partial charge in [-0.1, -0.05) is 0 Å². The number of rotatable bonds is 1. The number of aliphatic hydroxyl groups is 1. The zero-order valence-corrected chi connectivity index (χ0v) is 8.90. The van der Waals surface area contributed by atoms with Crippen molar-refractivity contribution >= 4 is 5.52 Å². The van der Waals surface area contributed by atoms with Gasteiger partial charge in [0.1, 0.15) is 17.0 Å². The van der Waals surface area contributed by atoms with Crippen molar-refractivity contribution in [3.05, 3.63) is 33.4 Å². The minimum atomic E-state index is -0.290. The van der Waals surface area contributed by atoms with Crippen LogP contribution in [0.1, 0.15) is 5.69 Å². The summed E-state index contributed by atoms with van der Waals surface area (Å²) in [5.41, 5.74) is 1.30. The molecule has 2 rings (SSSR count). The van der Waals surface area contributed by atoms with Gasteiger partial charge < -0.3 is 5.11 Å². The van der Waals surface area contributed by atoms with Gasteiger partial charge in [-0.2, -0.15) is 5.10 Å². The summed E-state index contributed by atoms with van der Waals surface area (Å²) in [4.78, 5) is 0. The largest absolute Gasteiger partial charge is 0.390 e. The second kappa shape index (κ2) is 3.22. The van der Waals surface area contributed by atoms with E-state index in [4.69, 9.17) is 5.11 Å². The van der Waals surface area contributed by atoms with E-state index in [1.165, 1.54) is 12.1 Å². The van der Waals surface area contributed by atoms with Gasteiger partial charge in [-0.15, -0.1) is 0 Å². The Hall–Kier alpha value is -0.690. The number of hydrogen-bond donors (Lipinski definition) is 1. The Labute approximate surface area is 87.3 Å². The average molecular weight is 293 g/mol. The molecule has 0 atom stereocenters. The van der Waals surface area contributed by atoms with Crippen molar-refractivity contribution in [2.45, 2.75) is 6.61 Å². The third-order valence-electron chi connectivity index (χ3n) is 1.77. The quantitative estimate of drug-likeness (QED) is 0.587. The first kappa shape index (κ1) is 8.89. The second-order valence-electron chi connectivity index (χ2n) is 2.61. The molecule has 5 heteroatoms. The summed E-state index contributed by atoms with van der Waals surface area (Å²) >= 11 is 1.74. The molecule has 68 valence electrons. The summed E-state index contributed by atoms with van der Waals surface area (Å²) in [6, 6.07) is 2.74. The fraction of sp³-hybridized carbons (Fsp3) is 0.125. The Bertz CT molecular complexity index is 455. The molecule has 13 heavy (non-hydrogen) atoms. The van der Waals surface area contributed by atoms with Crippen LogP contribution in [-0.4, -0.2) is 14.7 Å². The van der Waals surface area contributed by atoms with E-state index in [1.807, 2.05) is 0 Å². The van der Waals surface area contributed by atoms with Crippen LogP contribution in [0.25, 0.3) is 5.52 Å². The minimum absolute atomic E-state index is 0.113. The van der Waals surface area contributed by atoms with Gasteiger partial charge in [0, 0.05) is 12.3 Å². The lowest BCUT2D eigenvalue weighted by molar-refractivity contribution is -0.327. The third-order valence-corrected chi connectivity index (χ3v) is 3.04. The molecule has 2 aromatic rings. The van der Waals surface area contributed by atoms with Crippen LogP contribution >= 0.6 is 0 Å². The molecule has 2 heterocycles. The fourth-order valence-electron chi connectivity index (χ4n) is 1.15. The first-order valence-corrected chi connectivity index (χ1v) is 4.83. The first-order valence-electron chi connectivity index (χ1n) is 3.67. The maximum absolute atomic E-state index is 12.8. The molecular formula is C8H7FIN2O+. The Morgan fingerprint density at radius 3 is 3.08 bits per heavy atom. The summed E-state index contributed by atoms with van der Waals surface area (Å²) in [6.45, 7) is -0.113. The van der Waals surface area contributed by atoms with Crippen molar-refractivity contribution in [2.75, 3.05) is 0 Å². The molecule has 0 unspecified atom stereocenters. The highest BCUT2D eigenvalue weighted by Crippen LogP contribution is 2.08. The summed E-state index contributed by atoms with van der Waals surface area (Å²) in [6.07, 6.45) is 1.54. The molecule has 0 saturated heterocycles. The molecule has 0 aromatic carbocycles. The van der Waals surface area contributed by atoms with Gasteiger partial charge >= 0.3 is 22.6 Å². The summed E-state index contributed by atoms with van der Waals surface area (Å²) in [5.74, 6) is -0.290. The van der Waals surface area contributed by atoms with Crippen molar-refractivity contribution in [1.82, 2.24) is 9.61 Å². The number of aliphatic hydroxyl groups excluding tert-OH is 1. The first-order chi connectivity index (χ1) is 6.22. The van der Waals surface area contributed by atoms with Gasteiger partial charge in [0.25, 0.3) is 0 Å². The van der Waals surface area contributed by atoms with Crippen LogP contribution in [0.4, 0.5) is 4.39 Å². The van der Waals surface area contributed by atoms with Crippen LogP contribution in [-0.2, 0) is 6.61 Å². The number of hydrogen-bond acceptors (Lipinski definition) is 2. The van der Waals surface area contributed by atoms with Crippen LogP contribution in [0.15, 0.2) is 18.3 Å². The Kier molecular flexibility index (Phi) is 2.20. The number of nitrogens with zero attached hydrogens (tertiary/aromatic N) is 2. The Morgan fingerprint density at radius 2 is 2.38 bits per heavy atom. The molecule has 0 aliphatic carbocycles. The van der Waals surface area contributed by atoms with Gasteiger partial charge in [-0.05, 0) is 6.07 Å². The predicted octanol–water partition coefficient (Wildman–Crippen LogP) is -2.58. The van der Waals surface area contributed by atoms with Gasteiger partial charge in [0.15, 0.2) is 0 Å². The molecular weight excluding hydrogens is 286 g/mol. The molecule has 3 nitrogen and oxygen atoms in total. The number of pyridine rings is 1. The van der Waals surface area contributed by atoms with E-state index in [2.05, 4.69) is 5.10 Å². The van der Waals surface area contributed by atoms with Gasteiger partial charge in [0.05, 0.1) is 6.61 Å². The van der Waals surface area contributed by atoms with Gasteiger partial charge in [-0.3, -0.25) is 0 Å². The topological polar surface area (TPSA) is 37.5 Å². The second-order valence-corrected chi connectivity index (χ2v) is 3.77. The third kappa shape index (κ3) is 1.42. The summed E-state index contributed by atoms with van der Waals surface area (Å²) in [5, 5.41) is 13.0. The monoisotopic (exact) mass is 293 g/mol. The van der Waals surface area contributed by atoms with Gasteiger partial charge in [-0.25, -0.2) is 8.91 Å². The maximum Gasteiger partial charge on any atom is 0.301 e. The smallest absolute Gasteiger partial charge is 0.301 e. The van der Waals surface area contributed by atoms with E-state index in [-0.39, 0.29) is 12.4 Å². The number of aromatic nitrogens is 2. The maximum atomic E-state index is 12.8. The van der Waals surface area contributed by atoms with Crippen molar-refractivity contribution in [3.63, 3.8) is 0 Å². The van der Waals surface area contributed by atoms with Crippen molar-refractivity contribution in [1.29, 1.82) is 0 Å². The Morgan fingerprint density at radius 1 is 1.62 bits per heavy atom. The molecule has 0 spiro atoms. The van der Waals surface area contributed by atoms with E-state index in [0.717, 1.165) is 3.57 Å². The van der Waals surface area contributed by atoms with Crippen molar-refractivity contribution in [3.8, 4) is 0 Å². The lowest BCUT2D eigenvalue weighted by atomic mass is 10.3. The number of halogens is 2. The molecule has 0 aliphatic heterocycles. The molecule has 0 amide bonds. The highest BCUT2D eigenvalue weighted by atomic mass is 127. The zero-order valence-electron chi connectivity index (χ0n) is 6.57.